The average molecular weight is 366 g/mol. The van der Waals surface area contributed by atoms with Crippen LogP contribution in [0.3, 0.4) is 0 Å². The summed E-state index contributed by atoms with van der Waals surface area (Å²) >= 11 is 0. The van der Waals surface area contributed by atoms with E-state index >= 15 is 0 Å². The molecule has 0 spiro atoms. The maximum absolute atomic E-state index is 12.4. The number of aromatic nitrogens is 4. The smallest absolute Gasteiger partial charge is 0.239 e. The summed E-state index contributed by atoms with van der Waals surface area (Å²) in [5, 5.41) is 8.00. The highest BCUT2D eigenvalue weighted by atomic mass is 16.5. The first-order chi connectivity index (χ1) is 13.1. The summed E-state index contributed by atoms with van der Waals surface area (Å²) in [4.78, 5) is 23.2. The molecule has 0 bridgehead atoms. The molecule has 0 saturated carbocycles. The number of amides is 1. The SMILES string of the molecule is C[C@H]1CN(CC(=O)Nc2cc3cc(-c4cnn(C)c4)cnc3cn2)CCO1. The Kier molecular flexibility index (Phi) is 4.83. The third kappa shape index (κ3) is 4.12. The molecule has 27 heavy (non-hydrogen) atoms. The molecule has 1 fully saturated rings. The van der Waals surface area contributed by atoms with E-state index in [4.69, 9.17) is 4.74 Å². The van der Waals surface area contributed by atoms with Crippen molar-refractivity contribution in [2.45, 2.75) is 13.0 Å². The number of aryl methyl sites for hydroxylation is 1. The second-order valence-electron chi connectivity index (χ2n) is 6.85. The lowest BCUT2D eigenvalue weighted by Crippen LogP contribution is -2.44. The Bertz CT molecular complexity index is 970. The zero-order chi connectivity index (χ0) is 18.8. The van der Waals surface area contributed by atoms with Crippen molar-refractivity contribution in [2.24, 2.45) is 7.05 Å². The minimum atomic E-state index is -0.0766. The van der Waals surface area contributed by atoms with Crippen LogP contribution in [0.5, 0.6) is 0 Å². The van der Waals surface area contributed by atoms with Crippen LogP contribution in [0.1, 0.15) is 6.92 Å². The first-order valence-electron chi connectivity index (χ1n) is 8.95. The van der Waals surface area contributed by atoms with Gasteiger partial charge < -0.3 is 10.1 Å². The normalized spacial score (nSPS) is 17.9. The highest BCUT2D eigenvalue weighted by molar-refractivity contribution is 5.93. The molecule has 8 heteroatoms. The minimum absolute atomic E-state index is 0.0766. The van der Waals surface area contributed by atoms with Crippen LogP contribution in [0.15, 0.2) is 36.9 Å². The first-order valence-corrected chi connectivity index (χ1v) is 8.95. The third-order valence-electron chi connectivity index (χ3n) is 4.57. The second-order valence-corrected chi connectivity index (χ2v) is 6.85. The zero-order valence-corrected chi connectivity index (χ0v) is 15.4. The van der Waals surface area contributed by atoms with Crippen molar-refractivity contribution in [1.29, 1.82) is 0 Å². The largest absolute Gasteiger partial charge is 0.376 e. The number of anilines is 1. The predicted octanol–water partition coefficient (Wildman–Crippen LogP) is 1.69. The number of hydrogen-bond acceptors (Lipinski definition) is 6. The molecule has 8 nitrogen and oxygen atoms in total. The van der Waals surface area contributed by atoms with Crippen LogP contribution < -0.4 is 5.32 Å². The van der Waals surface area contributed by atoms with E-state index in [-0.39, 0.29) is 12.0 Å². The Morgan fingerprint density at radius 2 is 2.15 bits per heavy atom. The van der Waals surface area contributed by atoms with Crippen molar-refractivity contribution >= 4 is 22.6 Å². The summed E-state index contributed by atoms with van der Waals surface area (Å²) in [6.45, 7) is 4.53. The van der Waals surface area contributed by atoms with Crippen LogP contribution in [-0.2, 0) is 16.6 Å². The Labute approximate surface area is 157 Å². The lowest BCUT2D eigenvalue weighted by Gasteiger charge is -2.30. The summed E-state index contributed by atoms with van der Waals surface area (Å²) in [5.74, 6) is 0.450. The molecule has 0 unspecified atom stereocenters. The van der Waals surface area contributed by atoms with Gasteiger partial charge in [0, 0.05) is 49.0 Å². The molecule has 1 atom stereocenters. The second kappa shape index (κ2) is 7.42. The Hall–Kier alpha value is -2.84. The number of pyridine rings is 2. The number of nitrogens with one attached hydrogen (secondary N) is 1. The summed E-state index contributed by atoms with van der Waals surface area (Å²) in [7, 11) is 1.88. The van der Waals surface area contributed by atoms with Gasteiger partial charge >= 0.3 is 0 Å². The average Bonchev–Trinajstić information content (AvgIpc) is 3.07. The first kappa shape index (κ1) is 17.6. The highest BCUT2D eigenvalue weighted by Gasteiger charge is 2.19. The summed E-state index contributed by atoms with van der Waals surface area (Å²) in [6, 6.07) is 3.88. The molecule has 1 amide bonds. The topological polar surface area (TPSA) is 85.2 Å². The Morgan fingerprint density at radius 3 is 2.93 bits per heavy atom. The molecular formula is C19H22N6O2. The van der Waals surface area contributed by atoms with Crippen LogP contribution in [-0.4, -0.2) is 62.9 Å². The number of fused-ring (bicyclic) bond motifs is 1. The van der Waals surface area contributed by atoms with E-state index in [1.165, 1.54) is 0 Å². The van der Waals surface area contributed by atoms with Gasteiger partial charge in [-0.05, 0) is 19.1 Å². The number of morpholine rings is 1. The third-order valence-corrected chi connectivity index (χ3v) is 4.57. The molecule has 1 aliphatic heterocycles. The fraction of sp³-hybridized carbons (Fsp3) is 0.368. The van der Waals surface area contributed by atoms with Gasteiger partial charge in [-0.3, -0.25) is 19.4 Å². The van der Waals surface area contributed by atoms with Crippen LogP contribution in [0, 0.1) is 0 Å². The molecule has 0 aliphatic carbocycles. The lowest BCUT2D eigenvalue weighted by atomic mass is 10.1. The molecule has 1 N–H and O–H groups in total. The van der Waals surface area contributed by atoms with E-state index in [1.807, 2.05) is 32.3 Å². The van der Waals surface area contributed by atoms with Crippen molar-refractivity contribution in [3.05, 3.63) is 36.9 Å². The summed E-state index contributed by atoms with van der Waals surface area (Å²) < 4.78 is 7.26. The molecule has 4 heterocycles. The van der Waals surface area contributed by atoms with Gasteiger partial charge in [0.05, 0.1) is 37.2 Å². The molecule has 4 rings (SSSR count). The van der Waals surface area contributed by atoms with E-state index in [2.05, 4.69) is 25.3 Å². The lowest BCUT2D eigenvalue weighted by molar-refractivity contribution is -0.119. The van der Waals surface area contributed by atoms with Crippen molar-refractivity contribution in [2.75, 3.05) is 31.6 Å². The van der Waals surface area contributed by atoms with Gasteiger partial charge in [-0.2, -0.15) is 5.10 Å². The number of rotatable bonds is 4. The van der Waals surface area contributed by atoms with Gasteiger partial charge in [-0.15, -0.1) is 0 Å². The maximum Gasteiger partial charge on any atom is 0.239 e. The molecular weight excluding hydrogens is 344 g/mol. The van der Waals surface area contributed by atoms with Crippen molar-refractivity contribution < 1.29 is 9.53 Å². The highest BCUT2D eigenvalue weighted by Crippen LogP contribution is 2.23. The van der Waals surface area contributed by atoms with Crippen molar-refractivity contribution in [1.82, 2.24) is 24.6 Å². The molecule has 1 aliphatic rings. The van der Waals surface area contributed by atoms with Crippen LogP contribution in [0.4, 0.5) is 5.82 Å². The van der Waals surface area contributed by atoms with E-state index < -0.39 is 0 Å². The number of nitrogens with zero attached hydrogens (tertiary/aromatic N) is 5. The maximum atomic E-state index is 12.4. The van der Waals surface area contributed by atoms with E-state index in [0.29, 0.717) is 19.0 Å². The summed E-state index contributed by atoms with van der Waals surface area (Å²) in [6.07, 6.45) is 7.38. The van der Waals surface area contributed by atoms with E-state index in [1.54, 1.807) is 23.3 Å². The number of hydrogen-bond donors (Lipinski definition) is 1. The molecule has 0 aromatic carbocycles. The van der Waals surface area contributed by atoms with Crippen molar-refractivity contribution in [3.63, 3.8) is 0 Å². The van der Waals surface area contributed by atoms with Gasteiger partial charge in [0.1, 0.15) is 5.82 Å². The van der Waals surface area contributed by atoms with Gasteiger partial charge in [-0.1, -0.05) is 0 Å². The number of ether oxygens (including phenoxy) is 1. The van der Waals surface area contributed by atoms with Crippen LogP contribution >= 0.6 is 0 Å². The predicted molar refractivity (Wildman–Crippen MR) is 102 cm³/mol. The van der Waals surface area contributed by atoms with Gasteiger partial charge in [0.15, 0.2) is 0 Å². The van der Waals surface area contributed by atoms with Gasteiger partial charge in [0.25, 0.3) is 0 Å². The van der Waals surface area contributed by atoms with E-state index in [9.17, 15) is 4.79 Å². The molecule has 1 saturated heterocycles. The fourth-order valence-corrected chi connectivity index (χ4v) is 3.25. The molecule has 3 aromatic rings. The minimum Gasteiger partial charge on any atom is -0.376 e. The standard InChI is InChI=1S/C19H22N6O2/c1-13-10-25(3-4-27-13)12-19(26)23-18-6-14-5-15(7-20-17(14)9-21-18)16-8-22-24(2)11-16/h5-9,11,13H,3-4,10,12H2,1-2H3,(H,21,23,26)/t13-/m0/s1. The fourth-order valence-electron chi connectivity index (χ4n) is 3.25. The zero-order valence-electron chi connectivity index (χ0n) is 15.4. The van der Waals surface area contributed by atoms with E-state index in [0.717, 1.165) is 35.1 Å². The van der Waals surface area contributed by atoms with Gasteiger partial charge in [0.2, 0.25) is 5.91 Å². The monoisotopic (exact) mass is 366 g/mol. The molecule has 140 valence electrons. The van der Waals surface area contributed by atoms with Gasteiger partial charge in [-0.25, -0.2) is 4.98 Å². The Balaban J connectivity index is 1.49. The quantitative estimate of drug-likeness (QED) is 0.756. The summed E-state index contributed by atoms with van der Waals surface area (Å²) in [5.41, 5.74) is 2.75. The molecule has 3 aromatic heterocycles. The molecule has 0 radical (unpaired) electrons. The number of carbonyl (C=O) groups excluding carboxylic acids is 1. The van der Waals surface area contributed by atoms with Crippen LogP contribution in [0.2, 0.25) is 0 Å². The van der Waals surface area contributed by atoms with Crippen molar-refractivity contribution in [3.8, 4) is 11.1 Å². The number of carbonyl (C=O) groups is 1. The Morgan fingerprint density at radius 1 is 1.26 bits per heavy atom. The van der Waals surface area contributed by atoms with Crippen LogP contribution in [0.25, 0.3) is 22.0 Å².